The first-order chi connectivity index (χ1) is 8.49. The van der Waals surface area contributed by atoms with Crippen LogP contribution in [0.15, 0.2) is 22.7 Å². The molecule has 0 spiro atoms. The van der Waals surface area contributed by atoms with Crippen molar-refractivity contribution in [2.75, 3.05) is 13.1 Å². The molecule has 0 aliphatic carbocycles. The molecule has 1 saturated heterocycles. The summed E-state index contributed by atoms with van der Waals surface area (Å²) in [4.78, 5) is 2.47. The first-order valence-electron chi connectivity index (χ1n) is 6.43. The van der Waals surface area contributed by atoms with Gasteiger partial charge in [-0.25, -0.2) is 4.39 Å². The molecule has 18 heavy (non-hydrogen) atoms. The molecule has 0 aromatic heterocycles. The van der Waals surface area contributed by atoms with Gasteiger partial charge in [-0.3, -0.25) is 4.90 Å². The second kappa shape index (κ2) is 5.68. The van der Waals surface area contributed by atoms with Crippen LogP contribution in [0, 0.1) is 5.82 Å². The van der Waals surface area contributed by atoms with Gasteiger partial charge in [-0.1, -0.05) is 22.0 Å². The lowest BCUT2D eigenvalue weighted by Crippen LogP contribution is -2.54. The average molecular weight is 315 g/mol. The fraction of sp³-hybridized carbons (Fsp3) is 0.571. The van der Waals surface area contributed by atoms with Crippen molar-refractivity contribution >= 4 is 15.9 Å². The Morgan fingerprint density at radius 2 is 2.17 bits per heavy atom. The number of piperazine rings is 1. The number of benzene rings is 1. The van der Waals surface area contributed by atoms with Gasteiger partial charge in [0.25, 0.3) is 0 Å². The van der Waals surface area contributed by atoms with E-state index in [-0.39, 0.29) is 5.82 Å². The van der Waals surface area contributed by atoms with E-state index in [9.17, 15) is 4.39 Å². The van der Waals surface area contributed by atoms with E-state index in [1.807, 2.05) is 6.07 Å². The minimum absolute atomic E-state index is 0.195. The standard InChI is InChI=1S/C14H20BrFN2/c1-9-8-18(10(2)7-17-9)11(3)13-5-4-12(16)6-14(13)15/h4-6,9-11,17H,7-8H2,1-3H3. The van der Waals surface area contributed by atoms with Crippen LogP contribution in [-0.2, 0) is 0 Å². The van der Waals surface area contributed by atoms with Crippen LogP contribution in [0.5, 0.6) is 0 Å². The maximum absolute atomic E-state index is 13.1. The fourth-order valence-electron chi connectivity index (χ4n) is 2.61. The highest BCUT2D eigenvalue weighted by atomic mass is 79.9. The fourth-order valence-corrected chi connectivity index (χ4v) is 3.29. The predicted octanol–water partition coefficient (Wildman–Crippen LogP) is 3.33. The van der Waals surface area contributed by atoms with E-state index >= 15 is 0 Å². The van der Waals surface area contributed by atoms with Gasteiger partial charge in [0.15, 0.2) is 0 Å². The highest BCUT2D eigenvalue weighted by Gasteiger charge is 2.28. The Bertz CT molecular complexity index is 424. The molecule has 100 valence electrons. The van der Waals surface area contributed by atoms with Gasteiger partial charge in [0.2, 0.25) is 0 Å². The second-order valence-electron chi connectivity index (χ2n) is 5.20. The maximum Gasteiger partial charge on any atom is 0.124 e. The van der Waals surface area contributed by atoms with E-state index in [4.69, 9.17) is 0 Å². The molecule has 0 amide bonds. The van der Waals surface area contributed by atoms with Crippen molar-refractivity contribution in [3.63, 3.8) is 0 Å². The Hall–Kier alpha value is -0.450. The number of hydrogen-bond donors (Lipinski definition) is 1. The molecule has 2 nitrogen and oxygen atoms in total. The molecule has 0 saturated carbocycles. The first-order valence-corrected chi connectivity index (χ1v) is 7.22. The van der Waals surface area contributed by atoms with Crippen molar-refractivity contribution in [1.82, 2.24) is 10.2 Å². The molecule has 1 N–H and O–H groups in total. The molecule has 1 fully saturated rings. The lowest BCUT2D eigenvalue weighted by atomic mass is 10.0. The van der Waals surface area contributed by atoms with Crippen molar-refractivity contribution in [3.8, 4) is 0 Å². The third-order valence-corrected chi connectivity index (χ3v) is 4.41. The SMILES string of the molecule is CC1CN(C(C)c2ccc(F)cc2Br)C(C)CN1. The van der Waals surface area contributed by atoms with Gasteiger partial charge in [-0.05, 0) is 38.5 Å². The van der Waals surface area contributed by atoms with Crippen molar-refractivity contribution in [3.05, 3.63) is 34.1 Å². The van der Waals surface area contributed by atoms with Crippen molar-refractivity contribution < 1.29 is 4.39 Å². The van der Waals surface area contributed by atoms with E-state index in [0.717, 1.165) is 23.1 Å². The van der Waals surface area contributed by atoms with Crippen LogP contribution in [-0.4, -0.2) is 30.1 Å². The highest BCUT2D eigenvalue weighted by Crippen LogP contribution is 2.30. The molecule has 0 bridgehead atoms. The highest BCUT2D eigenvalue weighted by molar-refractivity contribution is 9.10. The number of hydrogen-bond acceptors (Lipinski definition) is 2. The molecule has 1 heterocycles. The molecule has 1 aromatic carbocycles. The van der Waals surface area contributed by atoms with Crippen LogP contribution in [0.1, 0.15) is 32.4 Å². The summed E-state index contributed by atoms with van der Waals surface area (Å²) in [7, 11) is 0. The summed E-state index contributed by atoms with van der Waals surface area (Å²) in [5, 5.41) is 3.48. The lowest BCUT2D eigenvalue weighted by Gasteiger charge is -2.41. The summed E-state index contributed by atoms with van der Waals surface area (Å²) in [5.74, 6) is -0.195. The molecule has 3 atom stereocenters. The molecule has 4 heteroatoms. The van der Waals surface area contributed by atoms with Gasteiger partial charge in [-0.15, -0.1) is 0 Å². The summed E-state index contributed by atoms with van der Waals surface area (Å²) < 4.78 is 14.0. The summed E-state index contributed by atoms with van der Waals surface area (Å²) >= 11 is 3.47. The third-order valence-electron chi connectivity index (χ3n) is 3.72. The van der Waals surface area contributed by atoms with E-state index in [1.165, 1.54) is 6.07 Å². The number of rotatable bonds is 2. The Balaban J connectivity index is 2.21. The van der Waals surface area contributed by atoms with Gasteiger partial charge >= 0.3 is 0 Å². The number of halogens is 2. The van der Waals surface area contributed by atoms with Gasteiger partial charge in [0, 0.05) is 35.7 Å². The van der Waals surface area contributed by atoms with E-state index in [1.54, 1.807) is 6.07 Å². The van der Waals surface area contributed by atoms with E-state index in [0.29, 0.717) is 18.1 Å². The van der Waals surface area contributed by atoms with Gasteiger partial charge in [-0.2, -0.15) is 0 Å². The van der Waals surface area contributed by atoms with Crippen LogP contribution in [0.25, 0.3) is 0 Å². The Kier molecular flexibility index (Phi) is 4.41. The van der Waals surface area contributed by atoms with Crippen molar-refractivity contribution in [2.24, 2.45) is 0 Å². The zero-order valence-corrected chi connectivity index (χ0v) is 12.7. The molecular weight excluding hydrogens is 295 g/mol. The first kappa shape index (κ1) is 14.0. The lowest BCUT2D eigenvalue weighted by molar-refractivity contribution is 0.103. The summed E-state index contributed by atoms with van der Waals surface area (Å²) in [6.45, 7) is 8.64. The zero-order valence-electron chi connectivity index (χ0n) is 11.1. The van der Waals surface area contributed by atoms with Crippen molar-refractivity contribution in [2.45, 2.75) is 38.9 Å². The van der Waals surface area contributed by atoms with Gasteiger partial charge in [0.05, 0.1) is 0 Å². The molecular formula is C14H20BrFN2. The molecule has 0 radical (unpaired) electrons. The topological polar surface area (TPSA) is 15.3 Å². The Morgan fingerprint density at radius 3 is 2.83 bits per heavy atom. The minimum atomic E-state index is -0.195. The Labute approximate surface area is 117 Å². The summed E-state index contributed by atoms with van der Waals surface area (Å²) in [6.07, 6.45) is 0. The molecule has 1 aromatic rings. The van der Waals surface area contributed by atoms with E-state index in [2.05, 4.69) is 46.9 Å². The van der Waals surface area contributed by atoms with Crippen LogP contribution < -0.4 is 5.32 Å². The zero-order chi connectivity index (χ0) is 13.3. The second-order valence-corrected chi connectivity index (χ2v) is 6.05. The number of nitrogens with one attached hydrogen (secondary N) is 1. The van der Waals surface area contributed by atoms with Crippen LogP contribution in [0.4, 0.5) is 4.39 Å². The largest absolute Gasteiger partial charge is 0.311 e. The van der Waals surface area contributed by atoms with Crippen LogP contribution in [0.2, 0.25) is 0 Å². The molecule has 3 unspecified atom stereocenters. The smallest absolute Gasteiger partial charge is 0.124 e. The van der Waals surface area contributed by atoms with Crippen molar-refractivity contribution in [1.29, 1.82) is 0 Å². The predicted molar refractivity (Wildman–Crippen MR) is 76.1 cm³/mol. The Morgan fingerprint density at radius 1 is 1.44 bits per heavy atom. The molecule has 1 aliphatic heterocycles. The summed E-state index contributed by atoms with van der Waals surface area (Å²) in [5.41, 5.74) is 1.15. The minimum Gasteiger partial charge on any atom is -0.311 e. The van der Waals surface area contributed by atoms with Crippen LogP contribution in [0.3, 0.4) is 0 Å². The number of nitrogens with zero attached hydrogens (tertiary/aromatic N) is 1. The summed E-state index contributed by atoms with van der Waals surface area (Å²) in [6, 6.07) is 6.24. The van der Waals surface area contributed by atoms with Gasteiger partial charge < -0.3 is 5.32 Å². The monoisotopic (exact) mass is 314 g/mol. The normalized spacial score (nSPS) is 27.2. The van der Waals surface area contributed by atoms with Gasteiger partial charge in [0.1, 0.15) is 5.82 Å². The average Bonchev–Trinajstić information content (AvgIpc) is 2.31. The third kappa shape index (κ3) is 2.92. The molecule has 1 aliphatic rings. The quantitative estimate of drug-likeness (QED) is 0.900. The van der Waals surface area contributed by atoms with E-state index < -0.39 is 0 Å². The molecule has 2 rings (SSSR count). The van der Waals surface area contributed by atoms with Crippen LogP contribution >= 0.6 is 15.9 Å². The maximum atomic E-state index is 13.1.